The van der Waals surface area contributed by atoms with Crippen molar-refractivity contribution in [3.8, 4) is 0 Å². The number of nitrogens with zero attached hydrogens (tertiary/aromatic N) is 1. The average molecular weight is 245 g/mol. The molecule has 8 heteroatoms. The molecule has 0 saturated carbocycles. The van der Waals surface area contributed by atoms with Crippen molar-refractivity contribution in [2.24, 2.45) is 0 Å². The van der Waals surface area contributed by atoms with Gasteiger partial charge in [0.25, 0.3) is 9.05 Å². The van der Waals surface area contributed by atoms with Crippen LogP contribution in [0.2, 0.25) is 5.15 Å². The maximum Gasteiger partial charge on any atom is 0.266 e. The number of hydrogen-bond acceptors (Lipinski definition) is 4. The number of rotatable bonds is 3. The fourth-order valence-electron chi connectivity index (χ4n) is 0.833. The molecule has 0 unspecified atom stereocenters. The Morgan fingerprint density at radius 3 is 2.69 bits per heavy atom. The third kappa shape index (κ3) is 2.34. The summed E-state index contributed by atoms with van der Waals surface area (Å²) in [6.07, 6.45) is 0. The van der Waals surface area contributed by atoms with Crippen LogP contribution < -0.4 is 0 Å². The minimum absolute atomic E-state index is 0.0566. The van der Waals surface area contributed by atoms with E-state index < -0.39 is 9.05 Å². The number of ether oxygens (including phenoxy) is 1. The maximum atomic E-state index is 11.0. The molecule has 5 nitrogen and oxygen atoms in total. The van der Waals surface area contributed by atoms with Gasteiger partial charge in [-0.1, -0.05) is 11.6 Å². The summed E-state index contributed by atoms with van der Waals surface area (Å²) < 4.78 is 26.7. The van der Waals surface area contributed by atoms with Gasteiger partial charge in [-0.15, -0.1) is 0 Å². The van der Waals surface area contributed by atoms with Gasteiger partial charge in [-0.25, -0.2) is 8.42 Å². The van der Waals surface area contributed by atoms with E-state index in [0.717, 1.165) is 0 Å². The summed E-state index contributed by atoms with van der Waals surface area (Å²) in [6, 6.07) is 0. The first-order chi connectivity index (χ1) is 5.96. The third-order valence-electron chi connectivity index (χ3n) is 1.28. The Morgan fingerprint density at radius 1 is 1.62 bits per heavy atom. The highest BCUT2D eigenvalue weighted by molar-refractivity contribution is 8.13. The number of H-pyrrole nitrogens is 1. The molecule has 74 valence electrons. The first-order valence-corrected chi connectivity index (χ1v) is 5.82. The average Bonchev–Trinajstić information content (AvgIpc) is 2.31. The summed E-state index contributed by atoms with van der Waals surface area (Å²) in [5.41, 5.74) is 0.238. The summed E-state index contributed by atoms with van der Waals surface area (Å²) in [5, 5.41) is 5.73. The molecular weight excluding hydrogens is 239 g/mol. The van der Waals surface area contributed by atoms with Crippen molar-refractivity contribution < 1.29 is 13.2 Å². The van der Waals surface area contributed by atoms with Gasteiger partial charge in [0.15, 0.2) is 5.15 Å². The van der Waals surface area contributed by atoms with Crippen LogP contribution in [0.4, 0.5) is 0 Å². The van der Waals surface area contributed by atoms with E-state index >= 15 is 0 Å². The Morgan fingerprint density at radius 2 is 2.23 bits per heavy atom. The van der Waals surface area contributed by atoms with Crippen LogP contribution in [0.5, 0.6) is 0 Å². The van der Waals surface area contributed by atoms with Crippen molar-refractivity contribution in [2.75, 3.05) is 7.11 Å². The molecular formula is C5H6Cl2N2O3S. The van der Waals surface area contributed by atoms with Gasteiger partial charge < -0.3 is 4.74 Å². The van der Waals surface area contributed by atoms with Crippen LogP contribution in [0, 0.1) is 0 Å². The number of aromatic amines is 1. The quantitative estimate of drug-likeness (QED) is 0.810. The monoisotopic (exact) mass is 244 g/mol. The molecule has 1 rings (SSSR count). The van der Waals surface area contributed by atoms with Gasteiger partial charge >= 0.3 is 0 Å². The summed E-state index contributed by atoms with van der Waals surface area (Å²) in [5.74, 6) is 0. The Bertz CT molecular complexity index is 400. The van der Waals surface area contributed by atoms with Crippen LogP contribution in [-0.4, -0.2) is 25.7 Å². The van der Waals surface area contributed by atoms with Crippen LogP contribution >= 0.6 is 22.3 Å². The first-order valence-electron chi connectivity index (χ1n) is 3.13. The number of methoxy groups -OCH3 is 1. The molecule has 0 saturated heterocycles. The highest BCUT2D eigenvalue weighted by atomic mass is 35.7. The molecule has 0 aromatic carbocycles. The lowest BCUT2D eigenvalue weighted by Gasteiger charge is -1.97. The summed E-state index contributed by atoms with van der Waals surface area (Å²) in [7, 11) is 2.66. The molecule has 0 amide bonds. The molecule has 0 radical (unpaired) electrons. The standard InChI is InChI=1S/C5H6Cl2N2O3S/c1-12-2-3-4(13(7,10)11)5(6)9-8-3/h2H2,1H3,(H,8,9). The van der Waals surface area contributed by atoms with Crippen LogP contribution in [-0.2, 0) is 20.4 Å². The SMILES string of the molecule is COCc1[nH]nc(Cl)c1S(=O)(=O)Cl. The van der Waals surface area contributed by atoms with Gasteiger partial charge in [0.2, 0.25) is 0 Å². The van der Waals surface area contributed by atoms with E-state index in [9.17, 15) is 8.42 Å². The summed E-state index contributed by atoms with van der Waals surface area (Å²) >= 11 is 5.50. The van der Waals surface area contributed by atoms with Crippen LogP contribution in [0.1, 0.15) is 5.69 Å². The summed E-state index contributed by atoms with van der Waals surface area (Å²) in [6.45, 7) is 0.0566. The van der Waals surface area contributed by atoms with Crippen LogP contribution in [0.25, 0.3) is 0 Å². The van der Waals surface area contributed by atoms with E-state index in [4.69, 9.17) is 27.0 Å². The number of aromatic nitrogens is 2. The molecule has 0 aliphatic carbocycles. The van der Waals surface area contributed by atoms with Gasteiger partial charge in [0, 0.05) is 17.8 Å². The van der Waals surface area contributed by atoms with E-state index in [1.165, 1.54) is 7.11 Å². The minimum atomic E-state index is -3.88. The van der Waals surface area contributed by atoms with Crippen molar-refractivity contribution >= 4 is 31.3 Å². The number of hydrogen-bond donors (Lipinski definition) is 1. The predicted octanol–water partition coefficient (Wildman–Crippen LogP) is 1.14. The molecule has 1 heterocycles. The predicted molar refractivity (Wildman–Crippen MR) is 47.3 cm³/mol. The second kappa shape index (κ2) is 3.83. The van der Waals surface area contributed by atoms with E-state index in [-0.39, 0.29) is 22.3 Å². The lowest BCUT2D eigenvalue weighted by Crippen LogP contribution is -1.97. The second-order valence-electron chi connectivity index (χ2n) is 2.19. The molecule has 0 aliphatic heterocycles. The van der Waals surface area contributed by atoms with Crippen molar-refractivity contribution in [3.63, 3.8) is 0 Å². The zero-order valence-corrected chi connectivity index (χ0v) is 8.87. The number of nitrogens with one attached hydrogen (secondary N) is 1. The van der Waals surface area contributed by atoms with E-state index in [1.807, 2.05) is 0 Å². The van der Waals surface area contributed by atoms with Gasteiger partial charge in [-0.05, 0) is 0 Å². The Kier molecular flexibility index (Phi) is 3.18. The van der Waals surface area contributed by atoms with Gasteiger partial charge in [0.1, 0.15) is 4.90 Å². The van der Waals surface area contributed by atoms with E-state index in [2.05, 4.69) is 10.2 Å². The van der Waals surface area contributed by atoms with Gasteiger partial charge in [-0.3, -0.25) is 5.10 Å². The zero-order valence-electron chi connectivity index (χ0n) is 6.54. The van der Waals surface area contributed by atoms with Gasteiger partial charge in [-0.2, -0.15) is 5.10 Å². The smallest absolute Gasteiger partial charge is 0.266 e. The molecule has 1 N–H and O–H groups in total. The van der Waals surface area contributed by atoms with Crippen molar-refractivity contribution in [1.29, 1.82) is 0 Å². The van der Waals surface area contributed by atoms with Gasteiger partial charge in [0.05, 0.1) is 12.3 Å². The highest BCUT2D eigenvalue weighted by Crippen LogP contribution is 2.26. The lowest BCUT2D eigenvalue weighted by atomic mass is 10.5. The Balaban J connectivity index is 3.25. The fourth-order valence-corrected chi connectivity index (χ4v) is 2.56. The molecule has 13 heavy (non-hydrogen) atoms. The van der Waals surface area contributed by atoms with Crippen molar-refractivity contribution in [3.05, 3.63) is 10.8 Å². The molecule has 0 atom stereocenters. The maximum absolute atomic E-state index is 11.0. The van der Waals surface area contributed by atoms with Crippen molar-refractivity contribution in [1.82, 2.24) is 10.2 Å². The molecule has 1 aromatic heterocycles. The fraction of sp³-hybridized carbons (Fsp3) is 0.400. The van der Waals surface area contributed by atoms with Crippen LogP contribution in [0.15, 0.2) is 4.90 Å². The number of halogens is 2. The normalized spacial score (nSPS) is 11.9. The first kappa shape index (κ1) is 10.8. The van der Waals surface area contributed by atoms with E-state index in [1.54, 1.807) is 0 Å². The Hall–Kier alpha value is -0.300. The summed E-state index contributed by atoms with van der Waals surface area (Å²) in [4.78, 5) is -0.224. The topological polar surface area (TPSA) is 72.0 Å². The van der Waals surface area contributed by atoms with Crippen molar-refractivity contribution in [2.45, 2.75) is 11.5 Å². The molecule has 0 spiro atoms. The zero-order chi connectivity index (χ0) is 10.1. The molecule has 1 aromatic rings. The van der Waals surface area contributed by atoms with Crippen LogP contribution in [0.3, 0.4) is 0 Å². The van der Waals surface area contributed by atoms with E-state index in [0.29, 0.717) is 0 Å². The molecule has 0 aliphatic rings. The third-order valence-corrected chi connectivity index (χ3v) is 3.06. The minimum Gasteiger partial charge on any atom is -0.378 e. The lowest BCUT2D eigenvalue weighted by molar-refractivity contribution is 0.179. The highest BCUT2D eigenvalue weighted by Gasteiger charge is 2.22. The molecule has 0 bridgehead atoms. The second-order valence-corrected chi connectivity index (χ2v) is 5.05. The Labute approximate surface area is 84.4 Å². The molecule has 0 fully saturated rings. The largest absolute Gasteiger partial charge is 0.378 e.